The van der Waals surface area contributed by atoms with Crippen LogP contribution in [0.2, 0.25) is 0 Å². The largest absolute Gasteiger partial charge is 0.316 e. The smallest absolute Gasteiger partial charge is 0.000000746 e. The molecule has 0 spiro atoms. The van der Waals surface area contributed by atoms with Gasteiger partial charge in [0.1, 0.15) is 0 Å². The van der Waals surface area contributed by atoms with Gasteiger partial charge in [0.05, 0.1) is 0 Å². The van der Waals surface area contributed by atoms with Crippen molar-refractivity contribution in [3.63, 3.8) is 0 Å². The SMILES string of the molecule is CCCC(C)(C)[C@@H](C)CNCC(C)(C)C. The highest BCUT2D eigenvalue weighted by molar-refractivity contribution is 4.77. The van der Waals surface area contributed by atoms with Crippen LogP contribution in [0.3, 0.4) is 0 Å². The molecule has 92 valence electrons. The molecule has 15 heavy (non-hydrogen) atoms. The molecular formula is C14H31N. The molecule has 0 aromatic carbocycles. The lowest BCUT2D eigenvalue weighted by atomic mass is 9.76. The molecule has 0 fully saturated rings. The van der Waals surface area contributed by atoms with Gasteiger partial charge in [-0.25, -0.2) is 0 Å². The zero-order valence-corrected chi connectivity index (χ0v) is 11.9. The van der Waals surface area contributed by atoms with Crippen molar-refractivity contribution in [2.24, 2.45) is 16.7 Å². The van der Waals surface area contributed by atoms with Crippen molar-refractivity contribution in [1.29, 1.82) is 0 Å². The number of hydrogen-bond acceptors (Lipinski definition) is 1. The lowest BCUT2D eigenvalue weighted by Crippen LogP contribution is -2.35. The minimum absolute atomic E-state index is 0.397. The summed E-state index contributed by atoms with van der Waals surface area (Å²) in [7, 11) is 0. The Kier molecular flexibility index (Phi) is 5.87. The molecule has 0 aliphatic carbocycles. The van der Waals surface area contributed by atoms with E-state index in [-0.39, 0.29) is 0 Å². The van der Waals surface area contributed by atoms with Gasteiger partial charge in [-0.3, -0.25) is 0 Å². The first kappa shape index (κ1) is 15.0. The van der Waals surface area contributed by atoms with E-state index >= 15 is 0 Å². The average molecular weight is 213 g/mol. The van der Waals surface area contributed by atoms with Crippen molar-refractivity contribution >= 4 is 0 Å². The second kappa shape index (κ2) is 5.89. The Hall–Kier alpha value is -0.0400. The Morgan fingerprint density at radius 1 is 1.07 bits per heavy atom. The van der Waals surface area contributed by atoms with E-state index in [1.54, 1.807) is 0 Å². The van der Waals surface area contributed by atoms with Crippen molar-refractivity contribution in [1.82, 2.24) is 5.32 Å². The van der Waals surface area contributed by atoms with Crippen molar-refractivity contribution < 1.29 is 0 Å². The molecule has 0 saturated carbocycles. The summed E-state index contributed by atoms with van der Waals surface area (Å²) >= 11 is 0. The Morgan fingerprint density at radius 3 is 2.00 bits per heavy atom. The Bertz CT molecular complexity index is 165. The van der Waals surface area contributed by atoms with Gasteiger partial charge >= 0.3 is 0 Å². The highest BCUT2D eigenvalue weighted by Crippen LogP contribution is 2.31. The van der Waals surface area contributed by atoms with Crippen LogP contribution in [0.25, 0.3) is 0 Å². The van der Waals surface area contributed by atoms with Crippen LogP contribution in [0.1, 0.15) is 61.3 Å². The van der Waals surface area contributed by atoms with Crippen LogP contribution in [-0.2, 0) is 0 Å². The Balaban J connectivity index is 3.87. The van der Waals surface area contributed by atoms with Crippen molar-refractivity contribution in [3.8, 4) is 0 Å². The lowest BCUT2D eigenvalue weighted by Gasteiger charge is -2.32. The third kappa shape index (κ3) is 6.94. The van der Waals surface area contributed by atoms with Gasteiger partial charge in [0.25, 0.3) is 0 Å². The zero-order chi connectivity index (χ0) is 12.1. The van der Waals surface area contributed by atoms with Gasteiger partial charge in [0, 0.05) is 0 Å². The summed E-state index contributed by atoms with van der Waals surface area (Å²) in [4.78, 5) is 0. The van der Waals surface area contributed by atoms with Crippen molar-refractivity contribution in [3.05, 3.63) is 0 Å². The van der Waals surface area contributed by atoms with E-state index in [9.17, 15) is 0 Å². The third-order valence-corrected chi connectivity index (χ3v) is 3.33. The summed E-state index contributed by atoms with van der Waals surface area (Å²) in [6.07, 6.45) is 2.61. The average Bonchev–Trinajstić information content (AvgIpc) is 2.01. The zero-order valence-electron chi connectivity index (χ0n) is 11.9. The number of hydrogen-bond donors (Lipinski definition) is 1. The molecule has 1 atom stereocenters. The van der Waals surface area contributed by atoms with E-state index in [1.165, 1.54) is 12.8 Å². The standard InChI is InChI=1S/C14H31N/c1-8-9-14(6,7)12(2)10-15-11-13(3,4)5/h12,15H,8-11H2,1-7H3/t12-/m0/s1. The van der Waals surface area contributed by atoms with E-state index in [2.05, 4.69) is 53.8 Å². The van der Waals surface area contributed by atoms with Crippen molar-refractivity contribution in [2.75, 3.05) is 13.1 Å². The summed E-state index contributed by atoms with van der Waals surface area (Å²) in [5.41, 5.74) is 0.869. The summed E-state index contributed by atoms with van der Waals surface area (Å²) in [6, 6.07) is 0. The summed E-state index contributed by atoms with van der Waals surface area (Å²) in [6.45, 7) is 18.5. The predicted octanol–water partition coefficient (Wildman–Crippen LogP) is 4.08. The van der Waals surface area contributed by atoms with Gasteiger partial charge in [-0.1, -0.05) is 54.9 Å². The monoisotopic (exact) mass is 213 g/mol. The molecule has 0 heterocycles. The van der Waals surface area contributed by atoms with Gasteiger partial charge in [-0.2, -0.15) is 0 Å². The van der Waals surface area contributed by atoms with Crippen LogP contribution >= 0.6 is 0 Å². The van der Waals surface area contributed by atoms with Gasteiger partial charge in [-0.05, 0) is 36.3 Å². The van der Waals surface area contributed by atoms with E-state index in [0.29, 0.717) is 10.8 Å². The van der Waals surface area contributed by atoms with Gasteiger partial charge in [0.2, 0.25) is 0 Å². The van der Waals surface area contributed by atoms with E-state index in [4.69, 9.17) is 0 Å². The number of nitrogens with one attached hydrogen (secondary N) is 1. The molecule has 1 N–H and O–H groups in total. The molecule has 0 rings (SSSR count). The molecule has 0 saturated heterocycles. The van der Waals surface area contributed by atoms with Crippen LogP contribution in [0, 0.1) is 16.7 Å². The van der Waals surface area contributed by atoms with Crippen molar-refractivity contribution in [2.45, 2.75) is 61.3 Å². The van der Waals surface area contributed by atoms with Crippen LogP contribution in [-0.4, -0.2) is 13.1 Å². The first-order valence-electron chi connectivity index (χ1n) is 6.40. The van der Waals surface area contributed by atoms with Crippen LogP contribution < -0.4 is 5.32 Å². The van der Waals surface area contributed by atoms with E-state index < -0.39 is 0 Å². The Labute approximate surface area is 97.0 Å². The van der Waals surface area contributed by atoms with Crippen LogP contribution in [0.4, 0.5) is 0 Å². The molecule has 0 aromatic heterocycles. The second-order valence-electron chi connectivity index (χ2n) is 6.83. The summed E-state index contributed by atoms with van der Waals surface area (Å²) in [5.74, 6) is 0.750. The topological polar surface area (TPSA) is 12.0 Å². The molecule has 0 aliphatic heterocycles. The maximum absolute atomic E-state index is 3.59. The first-order valence-corrected chi connectivity index (χ1v) is 6.40. The highest BCUT2D eigenvalue weighted by atomic mass is 14.9. The molecule has 0 amide bonds. The Morgan fingerprint density at radius 2 is 1.60 bits per heavy atom. The fraction of sp³-hybridized carbons (Fsp3) is 1.00. The van der Waals surface area contributed by atoms with Gasteiger partial charge in [0.15, 0.2) is 0 Å². The molecule has 1 heteroatoms. The highest BCUT2D eigenvalue weighted by Gasteiger charge is 2.24. The van der Waals surface area contributed by atoms with E-state index in [0.717, 1.165) is 19.0 Å². The first-order chi connectivity index (χ1) is 6.69. The summed E-state index contributed by atoms with van der Waals surface area (Å²) in [5, 5.41) is 3.59. The summed E-state index contributed by atoms with van der Waals surface area (Å²) < 4.78 is 0. The van der Waals surface area contributed by atoms with Gasteiger partial charge < -0.3 is 5.32 Å². The minimum Gasteiger partial charge on any atom is -0.316 e. The molecule has 0 unspecified atom stereocenters. The molecular weight excluding hydrogens is 182 g/mol. The molecule has 0 bridgehead atoms. The molecule has 0 aliphatic rings. The van der Waals surface area contributed by atoms with Crippen LogP contribution in [0.5, 0.6) is 0 Å². The maximum Gasteiger partial charge on any atom is -0.000000746 e. The van der Waals surface area contributed by atoms with E-state index in [1.807, 2.05) is 0 Å². The van der Waals surface area contributed by atoms with Gasteiger partial charge in [-0.15, -0.1) is 0 Å². The fourth-order valence-corrected chi connectivity index (χ4v) is 1.83. The fourth-order valence-electron chi connectivity index (χ4n) is 1.83. The second-order valence-corrected chi connectivity index (χ2v) is 6.83. The number of rotatable bonds is 6. The molecule has 0 aromatic rings. The third-order valence-electron chi connectivity index (χ3n) is 3.33. The molecule has 0 radical (unpaired) electrons. The van der Waals surface area contributed by atoms with Crippen LogP contribution in [0.15, 0.2) is 0 Å². The lowest BCUT2D eigenvalue weighted by molar-refractivity contribution is 0.198. The maximum atomic E-state index is 3.59. The predicted molar refractivity (Wildman–Crippen MR) is 70.2 cm³/mol. The molecule has 1 nitrogen and oxygen atoms in total. The quantitative estimate of drug-likeness (QED) is 0.701. The minimum atomic E-state index is 0.397. The normalized spacial score (nSPS) is 15.4.